The average molecular weight is 280 g/mol. The fraction of sp³-hybridized carbons (Fsp3) is 0.368. The van der Waals surface area contributed by atoms with Crippen LogP contribution in [0.2, 0.25) is 0 Å². The highest BCUT2D eigenvalue weighted by molar-refractivity contribution is 5.34. The second kappa shape index (κ2) is 6.88. The molecule has 2 aromatic carbocycles. The van der Waals surface area contributed by atoms with Crippen LogP contribution in [0.4, 0.5) is 0 Å². The summed E-state index contributed by atoms with van der Waals surface area (Å²) in [7, 11) is 0. The summed E-state index contributed by atoms with van der Waals surface area (Å²) < 4.78 is 0. The monoisotopic (exact) mass is 280 g/mol. The van der Waals surface area contributed by atoms with Gasteiger partial charge in [-0.25, -0.2) is 0 Å². The Morgan fingerprint density at radius 1 is 0.905 bits per heavy atom. The number of hydrogen-bond donors (Lipinski definition) is 1. The van der Waals surface area contributed by atoms with E-state index in [2.05, 4.69) is 71.7 Å². The summed E-state index contributed by atoms with van der Waals surface area (Å²) in [5, 5.41) is 3.45. The molecule has 2 heteroatoms. The molecular formula is C19H24N2. The lowest BCUT2D eigenvalue weighted by Gasteiger charge is -2.35. The third-order valence-corrected chi connectivity index (χ3v) is 4.34. The molecule has 110 valence electrons. The first-order valence-corrected chi connectivity index (χ1v) is 7.97. The third-order valence-electron chi connectivity index (χ3n) is 4.34. The van der Waals surface area contributed by atoms with Crippen molar-refractivity contribution in [2.45, 2.75) is 19.4 Å². The van der Waals surface area contributed by atoms with Crippen molar-refractivity contribution in [1.82, 2.24) is 10.2 Å². The van der Waals surface area contributed by atoms with E-state index in [1.54, 1.807) is 0 Å². The largest absolute Gasteiger partial charge is 0.314 e. The first-order valence-electron chi connectivity index (χ1n) is 7.97. The number of piperazine rings is 1. The van der Waals surface area contributed by atoms with Gasteiger partial charge < -0.3 is 5.32 Å². The molecule has 0 spiro atoms. The number of rotatable bonds is 4. The highest BCUT2D eigenvalue weighted by Crippen LogP contribution is 2.29. The molecule has 1 saturated heterocycles. The second-order valence-electron chi connectivity index (χ2n) is 5.69. The Balaban J connectivity index is 1.94. The van der Waals surface area contributed by atoms with E-state index in [-0.39, 0.29) is 0 Å². The van der Waals surface area contributed by atoms with Crippen molar-refractivity contribution in [2.75, 3.05) is 26.2 Å². The zero-order valence-electron chi connectivity index (χ0n) is 12.8. The number of aryl methyl sites for hydroxylation is 1. The van der Waals surface area contributed by atoms with Gasteiger partial charge in [-0.3, -0.25) is 4.90 Å². The molecule has 21 heavy (non-hydrogen) atoms. The fourth-order valence-electron chi connectivity index (χ4n) is 3.13. The minimum Gasteiger partial charge on any atom is -0.314 e. The Kier molecular flexibility index (Phi) is 4.69. The summed E-state index contributed by atoms with van der Waals surface area (Å²) in [6, 6.07) is 20.4. The minimum absolute atomic E-state index is 0.374. The fourth-order valence-corrected chi connectivity index (χ4v) is 3.13. The summed E-state index contributed by atoms with van der Waals surface area (Å²) in [6.45, 7) is 6.58. The Hall–Kier alpha value is -1.64. The number of hydrogen-bond acceptors (Lipinski definition) is 2. The van der Waals surface area contributed by atoms with Crippen LogP contribution < -0.4 is 5.32 Å². The Labute approximate surface area is 127 Å². The maximum Gasteiger partial charge on any atom is 0.0602 e. The summed E-state index contributed by atoms with van der Waals surface area (Å²) in [4.78, 5) is 2.59. The van der Waals surface area contributed by atoms with Gasteiger partial charge in [0.15, 0.2) is 0 Å². The van der Waals surface area contributed by atoms with Crippen LogP contribution in [0.5, 0.6) is 0 Å². The van der Waals surface area contributed by atoms with Crippen LogP contribution in [0, 0.1) is 0 Å². The standard InChI is InChI=1S/C19H24N2/c1-2-16-8-10-18(11-9-16)19(17-6-4-3-5-7-17)21-14-12-20-13-15-21/h3-11,19-20H,2,12-15H2,1H3. The van der Waals surface area contributed by atoms with E-state index in [4.69, 9.17) is 0 Å². The van der Waals surface area contributed by atoms with E-state index in [1.165, 1.54) is 16.7 Å². The number of nitrogens with zero attached hydrogens (tertiary/aromatic N) is 1. The van der Waals surface area contributed by atoms with Crippen molar-refractivity contribution in [1.29, 1.82) is 0 Å². The number of benzene rings is 2. The van der Waals surface area contributed by atoms with Gasteiger partial charge in [-0.15, -0.1) is 0 Å². The highest BCUT2D eigenvalue weighted by atomic mass is 15.2. The zero-order chi connectivity index (χ0) is 14.5. The van der Waals surface area contributed by atoms with Crippen molar-refractivity contribution in [3.8, 4) is 0 Å². The van der Waals surface area contributed by atoms with Crippen molar-refractivity contribution in [3.05, 3.63) is 71.3 Å². The second-order valence-corrected chi connectivity index (χ2v) is 5.69. The van der Waals surface area contributed by atoms with E-state index in [0.29, 0.717) is 6.04 Å². The zero-order valence-corrected chi connectivity index (χ0v) is 12.8. The van der Waals surface area contributed by atoms with Crippen LogP contribution in [0.25, 0.3) is 0 Å². The van der Waals surface area contributed by atoms with Crippen LogP contribution in [-0.4, -0.2) is 31.1 Å². The summed E-state index contributed by atoms with van der Waals surface area (Å²) >= 11 is 0. The van der Waals surface area contributed by atoms with E-state index in [1.807, 2.05) is 0 Å². The molecule has 1 N–H and O–H groups in total. The molecule has 1 aliphatic heterocycles. The van der Waals surface area contributed by atoms with E-state index in [0.717, 1.165) is 32.6 Å². The van der Waals surface area contributed by atoms with Crippen molar-refractivity contribution < 1.29 is 0 Å². The highest BCUT2D eigenvalue weighted by Gasteiger charge is 2.23. The molecule has 0 radical (unpaired) electrons. The van der Waals surface area contributed by atoms with Crippen molar-refractivity contribution in [2.24, 2.45) is 0 Å². The number of nitrogens with one attached hydrogen (secondary N) is 1. The van der Waals surface area contributed by atoms with E-state index < -0.39 is 0 Å². The summed E-state index contributed by atoms with van der Waals surface area (Å²) in [5.41, 5.74) is 4.20. The van der Waals surface area contributed by atoms with Crippen LogP contribution in [0.15, 0.2) is 54.6 Å². The van der Waals surface area contributed by atoms with Crippen molar-refractivity contribution in [3.63, 3.8) is 0 Å². The quantitative estimate of drug-likeness (QED) is 0.925. The molecule has 2 aromatic rings. The lowest BCUT2D eigenvalue weighted by Crippen LogP contribution is -2.45. The van der Waals surface area contributed by atoms with E-state index in [9.17, 15) is 0 Å². The SMILES string of the molecule is CCc1ccc(C(c2ccccc2)N2CCNCC2)cc1. The molecule has 1 unspecified atom stereocenters. The van der Waals surface area contributed by atoms with Gasteiger partial charge in [0.05, 0.1) is 6.04 Å². The predicted octanol–water partition coefficient (Wildman–Crippen LogP) is 3.24. The van der Waals surface area contributed by atoms with Gasteiger partial charge in [0.25, 0.3) is 0 Å². The lowest BCUT2D eigenvalue weighted by atomic mass is 9.95. The van der Waals surface area contributed by atoms with Crippen LogP contribution >= 0.6 is 0 Å². The molecule has 0 bridgehead atoms. The first kappa shape index (κ1) is 14.3. The van der Waals surface area contributed by atoms with Crippen LogP contribution in [0.1, 0.15) is 29.7 Å². The van der Waals surface area contributed by atoms with Gasteiger partial charge in [0, 0.05) is 26.2 Å². The van der Waals surface area contributed by atoms with Gasteiger partial charge in [-0.1, -0.05) is 61.5 Å². The average Bonchev–Trinajstić information content (AvgIpc) is 2.58. The smallest absolute Gasteiger partial charge is 0.0602 e. The Morgan fingerprint density at radius 3 is 2.14 bits per heavy atom. The molecule has 1 atom stereocenters. The molecule has 0 aromatic heterocycles. The van der Waals surface area contributed by atoms with E-state index >= 15 is 0 Å². The molecule has 1 aliphatic rings. The van der Waals surface area contributed by atoms with Gasteiger partial charge in [-0.05, 0) is 23.1 Å². The molecule has 0 saturated carbocycles. The summed E-state index contributed by atoms with van der Waals surface area (Å²) in [6.07, 6.45) is 1.10. The minimum atomic E-state index is 0.374. The van der Waals surface area contributed by atoms with Gasteiger partial charge >= 0.3 is 0 Å². The maximum absolute atomic E-state index is 3.45. The maximum atomic E-state index is 3.45. The first-order chi connectivity index (χ1) is 10.4. The van der Waals surface area contributed by atoms with Crippen LogP contribution in [-0.2, 0) is 6.42 Å². The summed E-state index contributed by atoms with van der Waals surface area (Å²) in [5.74, 6) is 0. The Morgan fingerprint density at radius 2 is 1.52 bits per heavy atom. The molecule has 0 amide bonds. The lowest BCUT2D eigenvalue weighted by molar-refractivity contribution is 0.198. The van der Waals surface area contributed by atoms with Gasteiger partial charge in [0.2, 0.25) is 0 Å². The van der Waals surface area contributed by atoms with Crippen LogP contribution in [0.3, 0.4) is 0 Å². The predicted molar refractivity (Wildman–Crippen MR) is 88.5 cm³/mol. The topological polar surface area (TPSA) is 15.3 Å². The molecular weight excluding hydrogens is 256 g/mol. The van der Waals surface area contributed by atoms with Gasteiger partial charge in [-0.2, -0.15) is 0 Å². The molecule has 0 aliphatic carbocycles. The van der Waals surface area contributed by atoms with Crippen molar-refractivity contribution >= 4 is 0 Å². The normalized spacial score (nSPS) is 17.6. The molecule has 2 nitrogen and oxygen atoms in total. The molecule has 1 fully saturated rings. The molecule has 3 rings (SSSR count). The molecule has 1 heterocycles. The Bertz CT molecular complexity index is 542. The van der Waals surface area contributed by atoms with Gasteiger partial charge in [0.1, 0.15) is 0 Å². The third kappa shape index (κ3) is 3.34.